The molecule has 1 aliphatic carbocycles. The number of para-hydroxylation sites is 1. The maximum absolute atomic E-state index is 13.1. The van der Waals surface area contributed by atoms with Crippen LogP contribution in [-0.2, 0) is 0 Å². The second-order valence-electron chi connectivity index (χ2n) is 9.02. The number of hydrogen-bond acceptors (Lipinski definition) is 7. The molecule has 0 bridgehead atoms. The van der Waals surface area contributed by atoms with Gasteiger partial charge in [0, 0.05) is 42.7 Å². The van der Waals surface area contributed by atoms with Crippen LogP contribution in [0.1, 0.15) is 39.2 Å². The number of fused-ring (bicyclic) bond motifs is 2. The van der Waals surface area contributed by atoms with Gasteiger partial charge in [-0.3, -0.25) is 9.78 Å². The van der Waals surface area contributed by atoms with Crippen molar-refractivity contribution in [1.29, 1.82) is 0 Å². The predicted molar refractivity (Wildman–Crippen MR) is 138 cm³/mol. The molecule has 0 spiro atoms. The SMILES string of the molecule is Cc1nc(C)c(N(C)c2cc(C(=O)NC[C@H]3C[C@@H]3c3ccc4ccccc4n3)nc3ccnn23)s1. The average molecular weight is 484 g/mol. The Bertz CT molecular complexity index is 1570. The number of carbonyl (C=O) groups is 1. The van der Waals surface area contributed by atoms with Crippen LogP contribution in [0.15, 0.2) is 54.7 Å². The lowest BCUT2D eigenvalue weighted by Crippen LogP contribution is -2.27. The van der Waals surface area contributed by atoms with Gasteiger partial charge in [-0.25, -0.2) is 9.97 Å². The molecule has 1 aliphatic rings. The molecule has 1 saturated carbocycles. The Morgan fingerprint density at radius 2 is 2.00 bits per heavy atom. The Labute approximate surface area is 206 Å². The molecule has 4 aromatic heterocycles. The minimum absolute atomic E-state index is 0.183. The van der Waals surface area contributed by atoms with Gasteiger partial charge in [-0.05, 0) is 38.3 Å². The fourth-order valence-corrected chi connectivity index (χ4v) is 5.51. The van der Waals surface area contributed by atoms with Gasteiger partial charge in [0.1, 0.15) is 16.5 Å². The van der Waals surface area contributed by atoms with Crippen LogP contribution in [0.5, 0.6) is 0 Å². The van der Waals surface area contributed by atoms with E-state index in [0.717, 1.165) is 44.5 Å². The summed E-state index contributed by atoms with van der Waals surface area (Å²) in [6.45, 7) is 4.58. The van der Waals surface area contributed by atoms with Crippen LogP contribution in [-0.4, -0.2) is 44.1 Å². The number of hydrogen-bond donors (Lipinski definition) is 1. The zero-order valence-corrected chi connectivity index (χ0v) is 20.6. The molecule has 1 aromatic carbocycles. The van der Waals surface area contributed by atoms with Crippen LogP contribution < -0.4 is 10.2 Å². The summed E-state index contributed by atoms with van der Waals surface area (Å²) in [5.41, 5.74) is 4.06. The van der Waals surface area contributed by atoms with E-state index in [0.29, 0.717) is 29.7 Å². The highest BCUT2D eigenvalue weighted by Crippen LogP contribution is 2.46. The molecule has 6 rings (SSSR count). The van der Waals surface area contributed by atoms with Gasteiger partial charge >= 0.3 is 0 Å². The Morgan fingerprint density at radius 3 is 2.83 bits per heavy atom. The lowest BCUT2D eigenvalue weighted by molar-refractivity contribution is 0.0946. The monoisotopic (exact) mass is 483 g/mol. The van der Waals surface area contributed by atoms with E-state index in [-0.39, 0.29) is 5.91 Å². The molecule has 176 valence electrons. The van der Waals surface area contributed by atoms with Gasteiger partial charge in [0.05, 0.1) is 22.4 Å². The van der Waals surface area contributed by atoms with E-state index >= 15 is 0 Å². The molecule has 35 heavy (non-hydrogen) atoms. The first-order valence-corrected chi connectivity index (χ1v) is 12.5. The minimum Gasteiger partial charge on any atom is -0.350 e. The van der Waals surface area contributed by atoms with Gasteiger partial charge < -0.3 is 10.2 Å². The first-order chi connectivity index (χ1) is 17.0. The lowest BCUT2D eigenvalue weighted by Gasteiger charge is -2.19. The number of thiazole rings is 1. The summed E-state index contributed by atoms with van der Waals surface area (Å²) in [6.07, 6.45) is 2.72. The smallest absolute Gasteiger partial charge is 0.270 e. The molecule has 4 heterocycles. The van der Waals surface area contributed by atoms with Gasteiger partial charge in [-0.1, -0.05) is 24.3 Å². The molecule has 1 amide bonds. The van der Waals surface area contributed by atoms with Gasteiger partial charge in [-0.2, -0.15) is 9.61 Å². The summed E-state index contributed by atoms with van der Waals surface area (Å²) in [5, 5.41) is 10.7. The minimum atomic E-state index is -0.183. The first-order valence-electron chi connectivity index (χ1n) is 11.6. The van der Waals surface area contributed by atoms with Crippen LogP contribution in [0.2, 0.25) is 0 Å². The summed E-state index contributed by atoms with van der Waals surface area (Å²) < 4.78 is 1.74. The number of nitrogens with zero attached hydrogens (tertiary/aromatic N) is 6. The third kappa shape index (κ3) is 4.01. The third-order valence-electron chi connectivity index (χ3n) is 6.55. The Hall–Kier alpha value is -3.85. The number of pyridine rings is 1. The summed E-state index contributed by atoms with van der Waals surface area (Å²) in [4.78, 5) is 29.0. The van der Waals surface area contributed by atoms with E-state index in [9.17, 15) is 4.79 Å². The molecule has 9 heteroatoms. The van der Waals surface area contributed by atoms with Crippen molar-refractivity contribution >= 4 is 44.6 Å². The summed E-state index contributed by atoms with van der Waals surface area (Å²) in [5.74, 6) is 1.35. The Morgan fingerprint density at radius 1 is 1.14 bits per heavy atom. The van der Waals surface area contributed by atoms with Crippen molar-refractivity contribution in [2.45, 2.75) is 26.2 Å². The average Bonchev–Trinajstić information content (AvgIpc) is 3.34. The molecule has 0 aliphatic heterocycles. The van der Waals surface area contributed by atoms with Gasteiger partial charge in [0.15, 0.2) is 5.65 Å². The third-order valence-corrected chi connectivity index (χ3v) is 7.70. The quantitative estimate of drug-likeness (QED) is 0.378. The van der Waals surface area contributed by atoms with Gasteiger partial charge in [0.2, 0.25) is 0 Å². The summed E-state index contributed by atoms with van der Waals surface area (Å²) >= 11 is 1.61. The Kier molecular flexibility index (Phi) is 5.21. The highest BCUT2D eigenvalue weighted by molar-refractivity contribution is 7.15. The molecule has 8 nitrogen and oxygen atoms in total. The van der Waals surface area contributed by atoms with Crippen molar-refractivity contribution in [3.63, 3.8) is 0 Å². The number of aromatic nitrogens is 5. The fourth-order valence-electron chi connectivity index (χ4n) is 4.63. The zero-order chi connectivity index (χ0) is 24.1. The number of benzene rings is 1. The van der Waals surface area contributed by atoms with Crippen molar-refractivity contribution in [2.24, 2.45) is 5.92 Å². The molecule has 1 fully saturated rings. The summed E-state index contributed by atoms with van der Waals surface area (Å²) in [6, 6.07) is 16.0. The topological polar surface area (TPSA) is 88.3 Å². The molecule has 2 atom stereocenters. The van der Waals surface area contributed by atoms with E-state index in [4.69, 9.17) is 4.98 Å². The van der Waals surface area contributed by atoms with Crippen molar-refractivity contribution < 1.29 is 4.79 Å². The fraction of sp³-hybridized carbons (Fsp3) is 0.269. The van der Waals surface area contributed by atoms with Crippen molar-refractivity contribution in [1.82, 2.24) is 29.9 Å². The summed E-state index contributed by atoms with van der Waals surface area (Å²) in [7, 11) is 1.96. The number of anilines is 2. The van der Waals surface area contributed by atoms with E-state index in [1.54, 1.807) is 34.2 Å². The van der Waals surface area contributed by atoms with Crippen LogP contribution in [0.25, 0.3) is 16.6 Å². The largest absolute Gasteiger partial charge is 0.350 e. The number of nitrogens with one attached hydrogen (secondary N) is 1. The lowest BCUT2D eigenvalue weighted by atomic mass is 10.1. The van der Waals surface area contributed by atoms with Crippen LogP contribution >= 0.6 is 11.3 Å². The molecule has 0 unspecified atom stereocenters. The van der Waals surface area contributed by atoms with Gasteiger partial charge in [0.25, 0.3) is 5.91 Å². The van der Waals surface area contributed by atoms with E-state index in [2.05, 4.69) is 38.6 Å². The van der Waals surface area contributed by atoms with Gasteiger partial charge in [-0.15, -0.1) is 11.3 Å². The molecule has 0 saturated heterocycles. The number of rotatable bonds is 6. The maximum atomic E-state index is 13.1. The van der Waals surface area contributed by atoms with E-state index in [1.807, 2.05) is 44.0 Å². The number of aryl methyl sites for hydroxylation is 2. The standard InChI is InChI=1S/C26H25N7OS/c1-15-26(35-16(2)29-15)32(3)24-13-22(31-23-10-11-28-33(23)24)25(34)27-14-18-12-19(18)21-9-8-17-6-4-5-7-20(17)30-21/h4-11,13,18-19H,12,14H2,1-3H3,(H,27,34)/t18-,19+/m1/s1. The maximum Gasteiger partial charge on any atom is 0.270 e. The molecular formula is C26H25N7OS. The normalized spacial score (nSPS) is 17.1. The predicted octanol–water partition coefficient (Wildman–Crippen LogP) is 4.65. The van der Waals surface area contributed by atoms with Crippen LogP contribution in [0.3, 0.4) is 0 Å². The first kappa shape index (κ1) is 21.7. The Balaban J connectivity index is 1.19. The van der Waals surface area contributed by atoms with E-state index in [1.165, 1.54) is 0 Å². The zero-order valence-electron chi connectivity index (χ0n) is 19.8. The van der Waals surface area contributed by atoms with Crippen molar-refractivity contribution in [2.75, 3.05) is 18.5 Å². The highest BCUT2D eigenvalue weighted by atomic mass is 32.1. The second-order valence-corrected chi connectivity index (χ2v) is 10.2. The van der Waals surface area contributed by atoms with Crippen LogP contribution in [0.4, 0.5) is 10.8 Å². The molecule has 1 N–H and O–H groups in total. The molecular weight excluding hydrogens is 458 g/mol. The highest BCUT2D eigenvalue weighted by Gasteiger charge is 2.39. The van der Waals surface area contributed by atoms with E-state index < -0.39 is 0 Å². The molecule has 5 aromatic rings. The van der Waals surface area contributed by atoms with Crippen molar-refractivity contribution in [3.8, 4) is 0 Å². The molecule has 0 radical (unpaired) electrons. The number of amides is 1. The second kappa shape index (κ2) is 8.42. The van der Waals surface area contributed by atoms with Crippen LogP contribution in [0, 0.1) is 19.8 Å². The number of carbonyl (C=O) groups excluding carboxylic acids is 1. The van der Waals surface area contributed by atoms with Crippen molar-refractivity contribution in [3.05, 3.63) is 76.8 Å².